The summed E-state index contributed by atoms with van der Waals surface area (Å²) in [5, 5.41) is 4.53. The lowest BCUT2D eigenvalue weighted by atomic mass is 10.1. The van der Waals surface area contributed by atoms with Crippen molar-refractivity contribution in [2.45, 2.75) is 46.2 Å². The summed E-state index contributed by atoms with van der Waals surface area (Å²) in [4.78, 5) is 7.94. The van der Waals surface area contributed by atoms with E-state index in [0.717, 1.165) is 18.1 Å². The first-order chi connectivity index (χ1) is 9.89. The summed E-state index contributed by atoms with van der Waals surface area (Å²) < 4.78 is 0. The van der Waals surface area contributed by atoms with Gasteiger partial charge in [0.2, 0.25) is 0 Å². The summed E-state index contributed by atoms with van der Waals surface area (Å²) in [6, 6.07) is 8.68. The number of rotatable bonds is 5. The Labute approximate surface area is 132 Å². The number of anilines is 2. The molecule has 0 aliphatic rings. The van der Waals surface area contributed by atoms with Gasteiger partial charge in [0.25, 0.3) is 0 Å². The van der Waals surface area contributed by atoms with Crippen molar-refractivity contribution in [1.29, 1.82) is 0 Å². The summed E-state index contributed by atoms with van der Waals surface area (Å²) in [6.45, 7) is 9.57. The molecule has 0 saturated carbocycles. The molecule has 0 fully saturated rings. The molecule has 21 heavy (non-hydrogen) atoms. The number of hydrogen-bond acceptors (Lipinski definition) is 4. The third kappa shape index (κ3) is 4.55. The van der Waals surface area contributed by atoms with E-state index >= 15 is 0 Å². The summed E-state index contributed by atoms with van der Waals surface area (Å²) in [5.41, 5.74) is 2.67. The van der Waals surface area contributed by atoms with E-state index in [1.54, 1.807) is 11.3 Å². The number of hydrogen-bond donors (Lipinski definition) is 1. The lowest BCUT2D eigenvalue weighted by Crippen LogP contribution is -2.34. The van der Waals surface area contributed by atoms with Crippen molar-refractivity contribution >= 4 is 22.2 Å². The normalized spacial score (nSPS) is 11.7. The number of nitrogens with zero attached hydrogens (tertiary/aromatic N) is 2. The topological polar surface area (TPSA) is 28.2 Å². The molecule has 0 spiro atoms. The molecule has 1 aromatic carbocycles. The van der Waals surface area contributed by atoms with Crippen LogP contribution in [0.4, 0.5) is 10.8 Å². The highest BCUT2D eigenvalue weighted by Gasteiger charge is 2.12. The Morgan fingerprint density at radius 1 is 1.19 bits per heavy atom. The highest BCUT2D eigenvalue weighted by atomic mass is 32.1. The number of aromatic nitrogens is 1. The molecule has 0 atom stereocenters. The molecule has 0 aliphatic heterocycles. The van der Waals surface area contributed by atoms with Crippen molar-refractivity contribution in [3.63, 3.8) is 0 Å². The van der Waals surface area contributed by atoms with E-state index in [0.29, 0.717) is 0 Å². The van der Waals surface area contributed by atoms with Crippen molar-refractivity contribution in [2.24, 2.45) is 0 Å². The maximum atomic E-state index is 4.54. The van der Waals surface area contributed by atoms with Gasteiger partial charge in [0.1, 0.15) is 0 Å². The van der Waals surface area contributed by atoms with Gasteiger partial charge in [-0.05, 0) is 44.9 Å². The third-order valence-electron chi connectivity index (χ3n) is 3.35. The van der Waals surface area contributed by atoms with Gasteiger partial charge in [-0.25, -0.2) is 4.98 Å². The molecule has 2 rings (SSSR count). The van der Waals surface area contributed by atoms with Gasteiger partial charge in [-0.2, -0.15) is 0 Å². The fourth-order valence-corrected chi connectivity index (χ4v) is 2.78. The second-order valence-corrected chi connectivity index (χ2v) is 7.39. The van der Waals surface area contributed by atoms with Crippen LogP contribution in [0, 0.1) is 0 Å². The van der Waals surface area contributed by atoms with Gasteiger partial charge >= 0.3 is 0 Å². The Morgan fingerprint density at radius 2 is 1.86 bits per heavy atom. The van der Waals surface area contributed by atoms with Gasteiger partial charge in [-0.3, -0.25) is 0 Å². The zero-order valence-corrected chi connectivity index (χ0v) is 14.4. The van der Waals surface area contributed by atoms with Crippen molar-refractivity contribution in [3.05, 3.63) is 40.9 Å². The van der Waals surface area contributed by atoms with Gasteiger partial charge in [0.05, 0.1) is 0 Å². The van der Waals surface area contributed by atoms with Crippen molar-refractivity contribution < 1.29 is 0 Å². The van der Waals surface area contributed by atoms with Crippen LogP contribution in [-0.4, -0.2) is 17.6 Å². The zero-order valence-electron chi connectivity index (χ0n) is 13.6. The predicted octanol–water partition coefficient (Wildman–Crippen LogP) is 4.36. The van der Waals surface area contributed by atoms with E-state index in [1.165, 1.54) is 16.1 Å². The Bertz CT molecular complexity index is 566. The van der Waals surface area contributed by atoms with Crippen LogP contribution in [0.3, 0.4) is 0 Å². The fraction of sp³-hybridized carbons (Fsp3) is 0.471. The minimum Gasteiger partial charge on any atom is -0.321 e. The van der Waals surface area contributed by atoms with Crippen LogP contribution in [-0.2, 0) is 13.0 Å². The number of thiazole rings is 1. The van der Waals surface area contributed by atoms with Crippen LogP contribution in [0.5, 0.6) is 0 Å². The van der Waals surface area contributed by atoms with Gasteiger partial charge in [0.15, 0.2) is 5.13 Å². The molecular formula is C17H25N3S. The largest absolute Gasteiger partial charge is 0.321 e. The molecule has 1 heterocycles. The molecule has 0 aliphatic carbocycles. The second-order valence-electron chi connectivity index (χ2n) is 6.29. The molecule has 2 aromatic rings. The number of benzene rings is 1. The molecule has 1 aromatic heterocycles. The van der Waals surface area contributed by atoms with E-state index in [4.69, 9.17) is 0 Å². The Kier molecular flexibility index (Phi) is 5.01. The quantitative estimate of drug-likeness (QED) is 0.889. The van der Waals surface area contributed by atoms with Gasteiger partial charge in [-0.1, -0.05) is 19.1 Å². The smallest absolute Gasteiger partial charge is 0.189 e. The molecule has 1 N–H and O–H groups in total. The van der Waals surface area contributed by atoms with Crippen LogP contribution in [0.2, 0.25) is 0 Å². The molecule has 0 saturated heterocycles. The minimum atomic E-state index is 0.131. The predicted molar refractivity (Wildman–Crippen MR) is 92.6 cm³/mol. The summed E-state index contributed by atoms with van der Waals surface area (Å²) >= 11 is 1.74. The first kappa shape index (κ1) is 16.0. The standard InChI is InChI=1S/C17H25N3S/c1-6-13-7-9-14(10-8-13)20(5)16-18-11-15(21-16)12-19-17(2,3)4/h7-11,19H,6,12H2,1-5H3. The van der Waals surface area contributed by atoms with Crippen LogP contribution in [0.25, 0.3) is 0 Å². The first-order valence-corrected chi connectivity index (χ1v) is 8.23. The lowest BCUT2D eigenvalue weighted by molar-refractivity contribution is 0.426. The van der Waals surface area contributed by atoms with Crippen LogP contribution < -0.4 is 10.2 Å². The Morgan fingerprint density at radius 3 is 2.43 bits per heavy atom. The lowest BCUT2D eigenvalue weighted by Gasteiger charge is -2.19. The van der Waals surface area contributed by atoms with Crippen LogP contribution in [0.1, 0.15) is 38.1 Å². The van der Waals surface area contributed by atoms with Crippen molar-refractivity contribution in [3.8, 4) is 0 Å². The maximum absolute atomic E-state index is 4.54. The highest BCUT2D eigenvalue weighted by molar-refractivity contribution is 7.15. The molecule has 0 unspecified atom stereocenters. The van der Waals surface area contributed by atoms with E-state index < -0.39 is 0 Å². The molecule has 4 heteroatoms. The summed E-state index contributed by atoms with van der Waals surface area (Å²) in [5.74, 6) is 0. The van der Waals surface area contributed by atoms with Gasteiger partial charge in [0, 0.05) is 35.9 Å². The van der Waals surface area contributed by atoms with Gasteiger partial charge in [-0.15, -0.1) is 11.3 Å². The molecule has 114 valence electrons. The maximum Gasteiger partial charge on any atom is 0.189 e. The molecule has 0 bridgehead atoms. The molecule has 0 radical (unpaired) electrons. The Hall–Kier alpha value is -1.39. The first-order valence-electron chi connectivity index (χ1n) is 7.41. The summed E-state index contributed by atoms with van der Waals surface area (Å²) in [7, 11) is 2.07. The molecule has 3 nitrogen and oxygen atoms in total. The van der Waals surface area contributed by atoms with Crippen LogP contribution >= 0.6 is 11.3 Å². The van der Waals surface area contributed by atoms with Crippen LogP contribution in [0.15, 0.2) is 30.5 Å². The average molecular weight is 303 g/mol. The van der Waals surface area contributed by atoms with E-state index in [1.807, 2.05) is 6.20 Å². The fourth-order valence-electron chi connectivity index (χ4n) is 1.95. The SMILES string of the molecule is CCc1ccc(N(C)c2ncc(CNC(C)(C)C)s2)cc1. The van der Waals surface area contributed by atoms with Gasteiger partial charge < -0.3 is 10.2 Å². The number of aryl methyl sites for hydroxylation is 1. The molecular weight excluding hydrogens is 278 g/mol. The Balaban J connectivity index is 2.05. The van der Waals surface area contributed by atoms with Crippen molar-refractivity contribution in [1.82, 2.24) is 10.3 Å². The van der Waals surface area contributed by atoms with E-state index in [2.05, 4.69) is 74.2 Å². The van der Waals surface area contributed by atoms with E-state index in [-0.39, 0.29) is 5.54 Å². The summed E-state index contributed by atoms with van der Waals surface area (Å²) in [6.07, 6.45) is 3.04. The highest BCUT2D eigenvalue weighted by Crippen LogP contribution is 2.28. The zero-order chi connectivity index (χ0) is 15.5. The number of nitrogens with one attached hydrogen (secondary N) is 1. The second kappa shape index (κ2) is 6.58. The van der Waals surface area contributed by atoms with E-state index in [9.17, 15) is 0 Å². The van der Waals surface area contributed by atoms with Crippen molar-refractivity contribution in [2.75, 3.05) is 11.9 Å². The third-order valence-corrected chi connectivity index (χ3v) is 4.43. The monoisotopic (exact) mass is 303 g/mol. The average Bonchev–Trinajstić information content (AvgIpc) is 2.93. The molecule has 0 amide bonds. The minimum absolute atomic E-state index is 0.131.